The van der Waals surface area contributed by atoms with Crippen LogP contribution in [-0.4, -0.2) is 0 Å². The monoisotopic (exact) mass is 263 g/mol. The highest BCUT2D eigenvalue weighted by Gasteiger charge is 2.02. The summed E-state index contributed by atoms with van der Waals surface area (Å²) in [6.07, 6.45) is 0. The van der Waals surface area contributed by atoms with Crippen LogP contribution in [0.5, 0.6) is 0 Å². The number of hydrogen-bond donors (Lipinski definition) is 2. The molecule has 0 aliphatic carbocycles. The van der Waals surface area contributed by atoms with Crippen molar-refractivity contribution in [2.75, 3.05) is 11.1 Å². The summed E-state index contributed by atoms with van der Waals surface area (Å²) in [7, 11) is 0. The Morgan fingerprint density at radius 3 is 2.76 bits per heavy atom. The van der Waals surface area contributed by atoms with Gasteiger partial charge < -0.3 is 11.1 Å². The van der Waals surface area contributed by atoms with E-state index in [1.165, 1.54) is 11.3 Å². The molecule has 5 heteroatoms. The quantitative estimate of drug-likeness (QED) is 0.834. The van der Waals surface area contributed by atoms with Gasteiger partial charge in [-0.15, -0.1) is 11.3 Å². The summed E-state index contributed by atoms with van der Waals surface area (Å²) in [5, 5.41) is 11.9. The standard InChI is InChI=1S/C12H10ClN3S/c13-12-4-2-9(17-12)7-16-11-3-1-8(6-14)5-10(11)15/h1-5,16H,7,15H2. The van der Waals surface area contributed by atoms with Crippen molar-refractivity contribution in [1.29, 1.82) is 5.26 Å². The summed E-state index contributed by atoms with van der Waals surface area (Å²) in [4.78, 5) is 1.14. The van der Waals surface area contributed by atoms with Crippen molar-refractivity contribution in [3.63, 3.8) is 0 Å². The Hall–Kier alpha value is -1.70. The van der Waals surface area contributed by atoms with E-state index in [2.05, 4.69) is 5.32 Å². The van der Waals surface area contributed by atoms with E-state index in [1.54, 1.807) is 12.1 Å². The lowest BCUT2D eigenvalue weighted by Crippen LogP contribution is -2.01. The number of nitrogens with one attached hydrogen (secondary N) is 1. The van der Waals surface area contributed by atoms with Crippen LogP contribution in [0.2, 0.25) is 4.34 Å². The number of nitriles is 1. The number of halogens is 1. The number of nitrogens with zero attached hydrogens (tertiary/aromatic N) is 1. The second-order valence-electron chi connectivity index (χ2n) is 3.47. The zero-order valence-corrected chi connectivity index (χ0v) is 10.5. The van der Waals surface area contributed by atoms with E-state index in [4.69, 9.17) is 22.6 Å². The second kappa shape index (κ2) is 5.09. The zero-order chi connectivity index (χ0) is 12.3. The summed E-state index contributed by atoms with van der Waals surface area (Å²) in [5.74, 6) is 0. The molecule has 0 amide bonds. The molecule has 17 heavy (non-hydrogen) atoms. The lowest BCUT2D eigenvalue weighted by Gasteiger charge is -2.08. The molecule has 0 radical (unpaired) electrons. The molecule has 2 rings (SSSR count). The van der Waals surface area contributed by atoms with Gasteiger partial charge in [0, 0.05) is 11.4 Å². The number of anilines is 2. The number of thiophene rings is 1. The molecule has 2 aromatic rings. The van der Waals surface area contributed by atoms with E-state index < -0.39 is 0 Å². The number of hydrogen-bond acceptors (Lipinski definition) is 4. The van der Waals surface area contributed by atoms with E-state index in [1.807, 2.05) is 24.3 Å². The average molecular weight is 264 g/mol. The Balaban J connectivity index is 2.07. The van der Waals surface area contributed by atoms with E-state index >= 15 is 0 Å². The molecule has 1 aromatic carbocycles. The van der Waals surface area contributed by atoms with E-state index in [9.17, 15) is 0 Å². The Kier molecular flexibility index (Phi) is 3.52. The molecule has 0 saturated heterocycles. The van der Waals surface area contributed by atoms with Gasteiger partial charge in [0.25, 0.3) is 0 Å². The van der Waals surface area contributed by atoms with Gasteiger partial charge in [0.05, 0.1) is 27.3 Å². The SMILES string of the molecule is N#Cc1ccc(NCc2ccc(Cl)s2)c(N)c1. The highest BCUT2D eigenvalue weighted by molar-refractivity contribution is 7.16. The van der Waals surface area contributed by atoms with Crippen LogP contribution in [-0.2, 0) is 6.54 Å². The number of nitrogen functional groups attached to an aromatic ring is 1. The summed E-state index contributed by atoms with van der Waals surface area (Å²) in [6.45, 7) is 0.674. The fourth-order valence-corrected chi connectivity index (χ4v) is 2.45. The highest BCUT2D eigenvalue weighted by atomic mass is 35.5. The Labute approximate surface area is 108 Å². The van der Waals surface area contributed by atoms with Crippen molar-refractivity contribution in [3.8, 4) is 6.07 Å². The molecule has 3 nitrogen and oxygen atoms in total. The van der Waals surface area contributed by atoms with Gasteiger partial charge in [-0.1, -0.05) is 11.6 Å². The van der Waals surface area contributed by atoms with Crippen molar-refractivity contribution in [1.82, 2.24) is 0 Å². The lowest BCUT2D eigenvalue weighted by atomic mass is 10.2. The van der Waals surface area contributed by atoms with Crippen LogP contribution in [0.1, 0.15) is 10.4 Å². The first-order valence-electron chi connectivity index (χ1n) is 4.97. The predicted molar refractivity (Wildman–Crippen MR) is 72.2 cm³/mol. The first kappa shape index (κ1) is 11.8. The largest absolute Gasteiger partial charge is 0.397 e. The van der Waals surface area contributed by atoms with Crippen LogP contribution in [0.25, 0.3) is 0 Å². The first-order valence-corrected chi connectivity index (χ1v) is 6.16. The van der Waals surface area contributed by atoms with Gasteiger partial charge in [0.2, 0.25) is 0 Å². The van der Waals surface area contributed by atoms with Gasteiger partial charge in [-0.3, -0.25) is 0 Å². The van der Waals surface area contributed by atoms with Gasteiger partial charge in [-0.2, -0.15) is 5.26 Å². The molecular formula is C12H10ClN3S. The molecular weight excluding hydrogens is 254 g/mol. The summed E-state index contributed by atoms with van der Waals surface area (Å²) >= 11 is 7.37. The van der Waals surface area contributed by atoms with Crippen molar-refractivity contribution < 1.29 is 0 Å². The van der Waals surface area contributed by atoms with Crippen LogP contribution in [0, 0.1) is 11.3 Å². The minimum Gasteiger partial charge on any atom is -0.397 e. The summed E-state index contributed by atoms with van der Waals surface area (Å²) in [5.41, 5.74) is 7.80. The minimum atomic E-state index is 0.562. The number of nitrogens with two attached hydrogens (primary N) is 1. The number of benzene rings is 1. The van der Waals surface area contributed by atoms with E-state index in [-0.39, 0.29) is 0 Å². The smallest absolute Gasteiger partial charge is 0.0992 e. The van der Waals surface area contributed by atoms with E-state index in [0.717, 1.165) is 14.9 Å². The molecule has 0 unspecified atom stereocenters. The third-order valence-electron chi connectivity index (χ3n) is 2.26. The zero-order valence-electron chi connectivity index (χ0n) is 8.90. The molecule has 0 aliphatic heterocycles. The predicted octanol–water partition coefficient (Wildman–Crippen LogP) is 3.47. The molecule has 1 heterocycles. The van der Waals surface area contributed by atoms with Crippen molar-refractivity contribution in [3.05, 3.63) is 45.1 Å². The third kappa shape index (κ3) is 2.90. The molecule has 0 spiro atoms. The molecule has 0 bridgehead atoms. The number of rotatable bonds is 3. The fraction of sp³-hybridized carbons (Fsp3) is 0.0833. The molecule has 0 atom stereocenters. The van der Waals surface area contributed by atoms with E-state index in [0.29, 0.717) is 17.8 Å². The van der Waals surface area contributed by atoms with Crippen molar-refractivity contribution in [2.45, 2.75) is 6.54 Å². The molecule has 3 N–H and O–H groups in total. The molecule has 0 aliphatic rings. The lowest BCUT2D eigenvalue weighted by molar-refractivity contribution is 1.19. The minimum absolute atomic E-state index is 0.562. The maximum Gasteiger partial charge on any atom is 0.0992 e. The fourth-order valence-electron chi connectivity index (χ4n) is 1.42. The van der Waals surface area contributed by atoms with Crippen molar-refractivity contribution in [2.24, 2.45) is 0 Å². The van der Waals surface area contributed by atoms with Crippen LogP contribution in [0.3, 0.4) is 0 Å². The van der Waals surface area contributed by atoms with Gasteiger partial charge in [-0.05, 0) is 30.3 Å². The highest BCUT2D eigenvalue weighted by Crippen LogP contribution is 2.24. The third-order valence-corrected chi connectivity index (χ3v) is 3.49. The molecule has 0 saturated carbocycles. The summed E-state index contributed by atoms with van der Waals surface area (Å²) < 4.78 is 0.773. The molecule has 0 fully saturated rings. The van der Waals surface area contributed by atoms with Gasteiger partial charge in [0.1, 0.15) is 0 Å². The van der Waals surface area contributed by atoms with Crippen LogP contribution >= 0.6 is 22.9 Å². The Morgan fingerprint density at radius 1 is 1.35 bits per heavy atom. The Bertz CT molecular complexity index is 571. The van der Waals surface area contributed by atoms with Crippen LogP contribution in [0.15, 0.2) is 30.3 Å². The topological polar surface area (TPSA) is 61.8 Å². The van der Waals surface area contributed by atoms with Gasteiger partial charge in [0.15, 0.2) is 0 Å². The van der Waals surface area contributed by atoms with Crippen LogP contribution in [0.4, 0.5) is 11.4 Å². The van der Waals surface area contributed by atoms with Gasteiger partial charge >= 0.3 is 0 Å². The van der Waals surface area contributed by atoms with Crippen molar-refractivity contribution >= 4 is 34.3 Å². The molecule has 1 aromatic heterocycles. The maximum absolute atomic E-state index is 8.72. The normalized spacial score (nSPS) is 9.88. The van der Waals surface area contributed by atoms with Crippen LogP contribution < -0.4 is 11.1 Å². The Morgan fingerprint density at radius 2 is 2.18 bits per heavy atom. The maximum atomic E-state index is 8.72. The first-order chi connectivity index (χ1) is 8.19. The second-order valence-corrected chi connectivity index (χ2v) is 5.27. The van der Waals surface area contributed by atoms with Gasteiger partial charge in [-0.25, -0.2) is 0 Å². The molecule has 86 valence electrons. The summed E-state index contributed by atoms with van der Waals surface area (Å²) in [6, 6.07) is 11.1. The average Bonchev–Trinajstić information content (AvgIpc) is 2.73.